The fourth-order valence-corrected chi connectivity index (χ4v) is 3.64. The number of rotatable bonds is 5. The van der Waals surface area contributed by atoms with Crippen LogP contribution in [0.25, 0.3) is 0 Å². The van der Waals surface area contributed by atoms with E-state index in [4.69, 9.17) is 5.73 Å². The van der Waals surface area contributed by atoms with Crippen LogP contribution in [0.15, 0.2) is 6.07 Å². The van der Waals surface area contributed by atoms with Crippen LogP contribution in [0.3, 0.4) is 0 Å². The minimum Gasteiger partial charge on any atom is -0.370 e. The number of piperidine rings is 1. The molecule has 7 nitrogen and oxygen atoms in total. The van der Waals surface area contributed by atoms with E-state index in [0.717, 1.165) is 24.2 Å². The van der Waals surface area contributed by atoms with E-state index in [1.807, 2.05) is 6.07 Å². The molecule has 0 bridgehead atoms. The maximum absolute atomic E-state index is 11.7. The minimum atomic E-state index is -3.18. The summed E-state index contributed by atoms with van der Waals surface area (Å²) in [6.45, 7) is 2.81. The van der Waals surface area contributed by atoms with Crippen LogP contribution >= 0.6 is 0 Å². The molecule has 2 rings (SSSR count). The van der Waals surface area contributed by atoms with E-state index in [2.05, 4.69) is 9.97 Å². The van der Waals surface area contributed by atoms with E-state index in [1.54, 1.807) is 6.92 Å². The van der Waals surface area contributed by atoms with Gasteiger partial charge < -0.3 is 5.73 Å². The lowest BCUT2D eigenvalue weighted by molar-refractivity contribution is -0.118. The van der Waals surface area contributed by atoms with Crippen molar-refractivity contribution in [2.45, 2.75) is 38.5 Å². The fraction of sp³-hybridized carbons (Fsp3) is 0.643. The molecule has 1 aliphatic rings. The highest BCUT2D eigenvalue weighted by molar-refractivity contribution is 7.88. The van der Waals surface area contributed by atoms with Gasteiger partial charge in [-0.05, 0) is 32.3 Å². The molecule has 2 heterocycles. The van der Waals surface area contributed by atoms with E-state index >= 15 is 0 Å². The number of carbonyl (C=O) groups excluding carboxylic acids is 1. The SMILES string of the molecule is Cc1nc(CCC(N)=O)cc(C2CCCN(S(C)(=O)=O)C2)n1. The zero-order valence-corrected chi connectivity index (χ0v) is 13.8. The second-order valence-corrected chi connectivity index (χ2v) is 7.74. The van der Waals surface area contributed by atoms with E-state index in [-0.39, 0.29) is 18.2 Å². The molecule has 0 radical (unpaired) electrons. The number of nitrogens with two attached hydrogens (primary N) is 1. The Morgan fingerprint density at radius 3 is 2.82 bits per heavy atom. The number of aromatic nitrogens is 2. The third-order valence-corrected chi connectivity index (χ3v) is 5.08. The summed E-state index contributed by atoms with van der Waals surface area (Å²) in [4.78, 5) is 19.7. The maximum atomic E-state index is 11.7. The summed E-state index contributed by atoms with van der Waals surface area (Å²) in [7, 11) is -3.18. The molecule has 1 unspecified atom stereocenters. The highest BCUT2D eigenvalue weighted by atomic mass is 32.2. The van der Waals surface area contributed by atoms with Crippen LogP contribution in [0.2, 0.25) is 0 Å². The molecule has 1 saturated heterocycles. The molecule has 1 aliphatic heterocycles. The van der Waals surface area contributed by atoms with Crippen LogP contribution in [0.4, 0.5) is 0 Å². The normalized spacial score (nSPS) is 20.0. The van der Waals surface area contributed by atoms with Crippen molar-refractivity contribution in [3.8, 4) is 0 Å². The van der Waals surface area contributed by atoms with Gasteiger partial charge in [0.25, 0.3) is 0 Å². The number of aryl methyl sites for hydroxylation is 2. The van der Waals surface area contributed by atoms with Gasteiger partial charge in [0.2, 0.25) is 15.9 Å². The summed E-state index contributed by atoms with van der Waals surface area (Å²) in [5.41, 5.74) is 6.79. The Labute approximate surface area is 131 Å². The molecule has 122 valence electrons. The van der Waals surface area contributed by atoms with Crippen LogP contribution in [-0.4, -0.2) is 47.9 Å². The first kappa shape index (κ1) is 16.8. The Balaban J connectivity index is 2.18. The molecule has 1 fully saturated rings. The topological polar surface area (TPSA) is 106 Å². The summed E-state index contributed by atoms with van der Waals surface area (Å²) < 4.78 is 24.9. The van der Waals surface area contributed by atoms with E-state index in [9.17, 15) is 13.2 Å². The number of hydrogen-bond acceptors (Lipinski definition) is 5. The molecule has 0 spiro atoms. The zero-order chi connectivity index (χ0) is 16.3. The summed E-state index contributed by atoms with van der Waals surface area (Å²) in [6, 6.07) is 1.87. The first-order valence-electron chi connectivity index (χ1n) is 7.33. The van der Waals surface area contributed by atoms with Gasteiger partial charge in [-0.2, -0.15) is 0 Å². The number of hydrogen-bond donors (Lipinski definition) is 1. The largest absolute Gasteiger partial charge is 0.370 e. The molecular formula is C14H22N4O3S. The van der Waals surface area contributed by atoms with Crippen molar-refractivity contribution < 1.29 is 13.2 Å². The average molecular weight is 326 g/mol. The van der Waals surface area contributed by atoms with Gasteiger partial charge in [-0.3, -0.25) is 4.79 Å². The number of sulfonamides is 1. The third kappa shape index (κ3) is 4.48. The van der Waals surface area contributed by atoms with Crippen LogP contribution in [0.1, 0.15) is 42.4 Å². The minimum absolute atomic E-state index is 0.0671. The van der Waals surface area contributed by atoms with Gasteiger partial charge in [-0.1, -0.05) is 0 Å². The van der Waals surface area contributed by atoms with E-state index in [1.165, 1.54) is 10.6 Å². The van der Waals surface area contributed by atoms with Crippen LogP contribution in [-0.2, 0) is 21.2 Å². The molecule has 1 aromatic rings. The second-order valence-electron chi connectivity index (χ2n) is 5.76. The first-order valence-corrected chi connectivity index (χ1v) is 9.18. The van der Waals surface area contributed by atoms with Crippen molar-refractivity contribution in [3.63, 3.8) is 0 Å². The summed E-state index contributed by atoms with van der Waals surface area (Å²) in [5, 5.41) is 0. The van der Waals surface area contributed by atoms with Gasteiger partial charge in [0.1, 0.15) is 5.82 Å². The van der Waals surface area contributed by atoms with Gasteiger partial charge in [-0.25, -0.2) is 22.7 Å². The molecule has 0 aliphatic carbocycles. The van der Waals surface area contributed by atoms with Gasteiger partial charge >= 0.3 is 0 Å². The molecule has 1 amide bonds. The lowest BCUT2D eigenvalue weighted by atomic mass is 9.95. The van der Waals surface area contributed by atoms with Crippen LogP contribution in [0, 0.1) is 6.92 Å². The Morgan fingerprint density at radius 1 is 1.45 bits per heavy atom. The van der Waals surface area contributed by atoms with Gasteiger partial charge in [0, 0.05) is 36.8 Å². The highest BCUT2D eigenvalue weighted by Crippen LogP contribution is 2.27. The Kier molecular flexibility index (Phi) is 5.12. The Morgan fingerprint density at radius 2 is 2.18 bits per heavy atom. The molecule has 2 N–H and O–H groups in total. The molecule has 1 atom stereocenters. The first-order chi connectivity index (χ1) is 10.3. The Hall–Kier alpha value is -1.54. The predicted octanol–water partition coefficient (Wildman–Crippen LogP) is 0.342. The van der Waals surface area contributed by atoms with Gasteiger partial charge in [0.05, 0.1) is 6.26 Å². The summed E-state index contributed by atoms with van der Waals surface area (Å²) in [6.07, 6.45) is 3.68. The van der Waals surface area contributed by atoms with Crippen molar-refractivity contribution in [1.82, 2.24) is 14.3 Å². The van der Waals surface area contributed by atoms with E-state index < -0.39 is 10.0 Å². The zero-order valence-electron chi connectivity index (χ0n) is 12.9. The highest BCUT2D eigenvalue weighted by Gasteiger charge is 2.28. The van der Waals surface area contributed by atoms with Crippen molar-refractivity contribution in [2.24, 2.45) is 5.73 Å². The quantitative estimate of drug-likeness (QED) is 0.840. The predicted molar refractivity (Wildman–Crippen MR) is 82.7 cm³/mol. The number of carbonyl (C=O) groups is 1. The van der Waals surface area contributed by atoms with Crippen molar-refractivity contribution in [2.75, 3.05) is 19.3 Å². The monoisotopic (exact) mass is 326 g/mol. The van der Waals surface area contributed by atoms with E-state index in [0.29, 0.717) is 25.3 Å². The average Bonchev–Trinajstić information content (AvgIpc) is 2.44. The number of amides is 1. The second kappa shape index (κ2) is 6.70. The number of primary amides is 1. The number of nitrogens with zero attached hydrogens (tertiary/aromatic N) is 3. The lowest BCUT2D eigenvalue weighted by Crippen LogP contribution is -2.38. The molecule has 0 saturated carbocycles. The standard InChI is InChI=1S/C14H22N4O3S/c1-10-16-12(5-6-14(15)19)8-13(17-10)11-4-3-7-18(9-11)22(2,20)21/h8,11H,3-7,9H2,1-2H3,(H2,15,19). The molecule has 1 aromatic heterocycles. The molecule has 8 heteroatoms. The molecular weight excluding hydrogens is 304 g/mol. The fourth-order valence-electron chi connectivity index (χ4n) is 2.73. The maximum Gasteiger partial charge on any atom is 0.217 e. The summed E-state index contributed by atoms with van der Waals surface area (Å²) >= 11 is 0. The summed E-state index contributed by atoms with van der Waals surface area (Å²) in [5.74, 6) is 0.338. The Bertz CT molecular complexity index is 660. The van der Waals surface area contributed by atoms with Crippen molar-refractivity contribution in [1.29, 1.82) is 0 Å². The van der Waals surface area contributed by atoms with Crippen molar-refractivity contribution >= 4 is 15.9 Å². The lowest BCUT2D eigenvalue weighted by Gasteiger charge is -2.30. The van der Waals surface area contributed by atoms with Gasteiger partial charge in [0.15, 0.2) is 0 Å². The van der Waals surface area contributed by atoms with Crippen LogP contribution < -0.4 is 5.73 Å². The molecule has 22 heavy (non-hydrogen) atoms. The third-order valence-electron chi connectivity index (χ3n) is 3.81. The van der Waals surface area contributed by atoms with Crippen LogP contribution in [0.5, 0.6) is 0 Å². The molecule has 0 aromatic carbocycles. The van der Waals surface area contributed by atoms with Gasteiger partial charge in [-0.15, -0.1) is 0 Å². The van der Waals surface area contributed by atoms with Crippen molar-refractivity contribution in [3.05, 3.63) is 23.3 Å². The smallest absolute Gasteiger partial charge is 0.217 e.